The fourth-order valence-electron chi connectivity index (χ4n) is 2.95. The van der Waals surface area contributed by atoms with E-state index in [2.05, 4.69) is 0 Å². The minimum Gasteiger partial charge on any atom is -0.501 e. The highest BCUT2D eigenvalue weighted by atomic mass is 16.6. The van der Waals surface area contributed by atoms with Crippen LogP contribution in [-0.2, 0) is 9.53 Å². The number of carbonyl (C=O) groups is 2. The van der Waals surface area contributed by atoms with Gasteiger partial charge in [0.25, 0.3) is 17.5 Å². The van der Waals surface area contributed by atoms with E-state index in [0.29, 0.717) is 18.8 Å². The van der Waals surface area contributed by atoms with Gasteiger partial charge < -0.3 is 9.47 Å². The van der Waals surface area contributed by atoms with Gasteiger partial charge in [-0.25, -0.2) is 4.90 Å². The lowest BCUT2D eigenvalue weighted by atomic mass is 9.93. The predicted octanol–water partition coefficient (Wildman–Crippen LogP) is 3.56. The molecule has 0 saturated carbocycles. The van der Waals surface area contributed by atoms with Crippen molar-refractivity contribution in [2.24, 2.45) is 0 Å². The van der Waals surface area contributed by atoms with Crippen LogP contribution in [0.15, 0.2) is 48.7 Å². The summed E-state index contributed by atoms with van der Waals surface area (Å²) in [6.45, 7) is 4.17. The van der Waals surface area contributed by atoms with E-state index in [4.69, 9.17) is 9.47 Å². The third-order valence-electron chi connectivity index (χ3n) is 4.15. The van der Waals surface area contributed by atoms with Gasteiger partial charge >= 0.3 is 0 Å². The first-order chi connectivity index (χ1) is 13.5. The zero-order valence-electron chi connectivity index (χ0n) is 15.4. The molecule has 0 aliphatic carbocycles. The molecule has 0 radical (unpaired) electrons. The molecule has 28 heavy (non-hydrogen) atoms. The minimum absolute atomic E-state index is 0.125. The van der Waals surface area contributed by atoms with Crippen molar-refractivity contribution in [1.82, 2.24) is 0 Å². The minimum atomic E-state index is -0.690. The molecule has 0 aromatic heterocycles. The molecule has 8 nitrogen and oxygen atoms in total. The summed E-state index contributed by atoms with van der Waals surface area (Å²) in [6.07, 6.45) is 1.28. The highest BCUT2D eigenvalue weighted by Crippen LogP contribution is 2.38. The summed E-state index contributed by atoms with van der Waals surface area (Å²) in [5, 5.41) is 11.6. The van der Waals surface area contributed by atoms with Gasteiger partial charge in [-0.1, -0.05) is 18.2 Å². The Bertz CT molecular complexity index is 982. The molecule has 2 amide bonds. The molecule has 1 aliphatic rings. The van der Waals surface area contributed by atoms with Gasteiger partial charge in [-0.3, -0.25) is 19.7 Å². The maximum Gasteiger partial charge on any atom is 0.297 e. The maximum atomic E-state index is 13.1. The summed E-state index contributed by atoms with van der Waals surface area (Å²) in [4.78, 5) is 37.9. The molecule has 1 heterocycles. The van der Waals surface area contributed by atoms with E-state index in [0.717, 1.165) is 4.90 Å². The van der Waals surface area contributed by atoms with Crippen LogP contribution in [0.25, 0.3) is 5.57 Å². The molecule has 0 fully saturated rings. The molecule has 3 rings (SSSR count). The second-order valence-corrected chi connectivity index (χ2v) is 5.82. The fourth-order valence-corrected chi connectivity index (χ4v) is 2.95. The number of benzene rings is 2. The molecule has 0 spiro atoms. The first kappa shape index (κ1) is 19.1. The molecule has 0 saturated heterocycles. The van der Waals surface area contributed by atoms with Crippen LogP contribution in [0, 0.1) is 10.1 Å². The average molecular weight is 382 g/mol. The molecule has 8 heteroatoms. The van der Waals surface area contributed by atoms with Crippen LogP contribution in [0.1, 0.15) is 29.8 Å². The van der Waals surface area contributed by atoms with Crippen molar-refractivity contribution in [2.45, 2.75) is 13.8 Å². The Hall–Kier alpha value is -3.68. The number of nitro benzene ring substituents is 1. The van der Waals surface area contributed by atoms with Crippen molar-refractivity contribution in [3.8, 4) is 5.75 Å². The van der Waals surface area contributed by atoms with E-state index >= 15 is 0 Å². The molecule has 0 atom stereocenters. The lowest BCUT2D eigenvalue weighted by Gasteiger charge is -2.28. The van der Waals surface area contributed by atoms with Gasteiger partial charge in [0.15, 0.2) is 0 Å². The zero-order valence-corrected chi connectivity index (χ0v) is 15.4. The molecular formula is C20H18N2O6. The largest absolute Gasteiger partial charge is 0.501 e. The summed E-state index contributed by atoms with van der Waals surface area (Å²) < 4.78 is 10.6. The van der Waals surface area contributed by atoms with Crippen LogP contribution in [0.4, 0.5) is 11.4 Å². The summed E-state index contributed by atoms with van der Waals surface area (Å²) in [5.74, 6) is -1.05. The molecule has 0 unspecified atom stereocenters. The van der Waals surface area contributed by atoms with Crippen LogP contribution in [0.3, 0.4) is 0 Å². The van der Waals surface area contributed by atoms with Crippen LogP contribution in [0.2, 0.25) is 0 Å². The fraction of sp³-hybridized carbons (Fsp3) is 0.200. The van der Waals surface area contributed by atoms with Crippen LogP contribution < -0.4 is 9.64 Å². The Morgan fingerprint density at radius 2 is 1.75 bits per heavy atom. The van der Waals surface area contributed by atoms with Crippen molar-refractivity contribution in [3.63, 3.8) is 0 Å². The zero-order chi connectivity index (χ0) is 20.3. The lowest BCUT2D eigenvalue weighted by Crippen LogP contribution is -2.42. The number of carbonyl (C=O) groups excluding carboxylic acids is 2. The van der Waals surface area contributed by atoms with E-state index in [1.54, 1.807) is 38.1 Å². The van der Waals surface area contributed by atoms with Crippen molar-refractivity contribution in [1.29, 1.82) is 0 Å². The van der Waals surface area contributed by atoms with Crippen LogP contribution >= 0.6 is 0 Å². The van der Waals surface area contributed by atoms with Crippen molar-refractivity contribution >= 4 is 28.8 Å². The molecule has 1 aliphatic heterocycles. The molecule has 144 valence electrons. The van der Waals surface area contributed by atoms with Crippen molar-refractivity contribution in [3.05, 3.63) is 70.0 Å². The number of nitrogens with zero attached hydrogens (tertiary/aromatic N) is 2. The summed E-state index contributed by atoms with van der Waals surface area (Å²) >= 11 is 0. The summed E-state index contributed by atoms with van der Waals surface area (Å²) in [7, 11) is 0. The van der Waals surface area contributed by atoms with E-state index in [1.165, 1.54) is 24.5 Å². The molecule has 2 aromatic carbocycles. The quantitative estimate of drug-likeness (QED) is 0.249. The van der Waals surface area contributed by atoms with Gasteiger partial charge in [0.2, 0.25) is 0 Å². The Kier molecular flexibility index (Phi) is 5.39. The molecule has 0 bridgehead atoms. The maximum absolute atomic E-state index is 13.1. The van der Waals surface area contributed by atoms with Gasteiger partial charge in [0.1, 0.15) is 11.4 Å². The summed E-state index contributed by atoms with van der Waals surface area (Å²) in [5.41, 5.74) is 0.315. The Morgan fingerprint density at radius 3 is 2.39 bits per heavy atom. The second-order valence-electron chi connectivity index (χ2n) is 5.82. The number of ether oxygens (including phenoxy) is 2. The van der Waals surface area contributed by atoms with Crippen molar-refractivity contribution in [2.75, 3.05) is 18.1 Å². The lowest BCUT2D eigenvalue weighted by molar-refractivity contribution is -0.384. The van der Waals surface area contributed by atoms with Gasteiger partial charge in [-0.2, -0.15) is 0 Å². The molecule has 0 N–H and O–H groups in total. The predicted molar refractivity (Wildman–Crippen MR) is 102 cm³/mol. The van der Waals surface area contributed by atoms with Crippen LogP contribution in [-0.4, -0.2) is 30.0 Å². The highest BCUT2D eigenvalue weighted by Gasteiger charge is 2.39. The monoisotopic (exact) mass is 382 g/mol. The Morgan fingerprint density at radius 1 is 1.04 bits per heavy atom. The third-order valence-corrected chi connectivity index (χ3v) is 4.15. The smallest absolute Gasteiger partial charge is 0.297 e. The SMILES string of the molecule is CCOC=C1C(=O)N(c2ccc(OCC)cc2[N+](=O)[O-])C(=O)c2ccccc21. The van der Waals surface area contributed by atoms with E-state index in [9.17, 15) is 19.7 Å². The number of fused-ring (bicyclic) bond motifs is 1. The highest BCUT2D eigenvalue weighted by molar-refractivity contribution is 6.41. The third kappa shape index (κ3) is 3.32. The summed E-state index contributed by atoms with van der Waals surface area (Å²) in [6, 6.07) is 10.6. The number of hydrogen-bond acceptors (Lipinski definition) is 6. The first-order valence-electron chi connectivity index (χ1n) is 8.70. The Labute approximate surface area is 161 Å². The topological polar surface area (TPSA) is 99.0 Å². The number of rotatable bonds is 6. The number of anilines is 1. The van der Waals surface area contributed by atoms with Crippen molar-refractivity contribution < 1.29 is 24.0 Å². The first-order valence-corrected chi connectivity index (χ1v) is 8.70. The van der Waals surface area contributed by atoms with Crippen LogP contribution in [0.5, 0.6) is 5.75 Å². The number of imide groups is 1. The normalized spacial score (nSPS) is 14.8. The number of nitro groups is 1. The van der Waals surface area contributed by atoms with Gasteiger partial charge in [-0.05, 0) is 32.0 Å². The van der Waals surface area contributed by atoms with E-state index in [1.807, 2.05) is 0 Å². The standard InChI is InChI=1S/C20H18N2O6/c1-3-27-12-16-14-7-5-6-8-15(14)19(23)21(20(16)24)17-10-9-13(28-4-2)11-18(17)22(25)26/h5-12H,3-4H2,1-2H3. The van der Waals surface area contributed by atoms with Gasteiger partial charge in [0.05, 0.1) is 36.0 Å². The average Bonchev–Trinajstić information content (AvgIpc) is 2.69. The molecule has 2 aromatic rings. The number of amides is 2. The molecular weight excluding hydrogens is 364 g/mol. The van der Waals surface area contributed by atoms with E-state index < -0.39 is 22.4 Å². The number of hydrogen-bond donors (Lipinski definition) is 0. The van der Waals surface area contributed by atoms with E-state index in [-0.39, 0.29) is 22.6 Å². The van der Waals surface area contributed by atoms with Gasteiger partial charge in [-0.15, -0.1) is 0 Å². The van der Waals surface area contributed by atoms with Gasteiger partial charge in [0, 0.05) is 11.1 Å². The Balaban J connectivity index is 2.18. The second kappa shape index (κ2) is 7.91.